The fourth-order valence-electron chi connectivity index (χ4n) is 3.57. The van der Waals surface area contributed by atoms with E-state index in [1.807, 2.05) is 4.90 Å². The third kappa shape index (κ3) is 5.43. The molecule has 0 radical (unpaired) electrons. The molecule has 0 aliphatic carbocycles. The molecule has 2 heterocycles. The lowest BCUT2D eigenvalue weighted by Gasteiger charge is -2.37. The summed E-state index contributed by atoms with van der Waals surface area (Å²) in [6.45, 7) is 7.00. The maximum atomic E-state index is 13.8. The van der Waals surface area contributed by atoms with Gasteiger partial charge < -0.3 is 14.5 Å². The van der Waals surface area contributed by atoms with Crippen LogP contribution in [0.25, 0.3) is 0 Å². The van der Waals surface area contributed by atoms with Crippen molar-refractivity contribution in [1.82, 2.24) is 14.9 Å². The number of piperazine rings is 1. The molecule has 0 bridgehead atoms. The maximum absolute atomic E-state index is 13.8. The van der Waals surface area contributed by atoms with E-state index in [9.17, 15) is 9.18 Å². The van der Waals surface area contributed by atoms with Gasteiger partial charge in [-0.05, 0) is 25.0 Å². The number of anilines is 1. The molecule has 3 rings (SSSR count). The number of nitrogens with zero attached hydrogens (tertiary/aromatic N) is 4. The average Bonchev–Trinajstić information content (AvgIpc) is 2.76. The fraction of sp³-hybridized carbons (Fsp3) is 0.500. The molecule has 1 aliphatic heterocycles. The molecular weight excluding hydrogens is 371 g/mol. The number of hydrogen-bond acceptors (Lipinski definition) is 5. The van der Waals surface area contributed by atoms with Crippen molar-refractivity contribution in [2.24, 2.45) is 5.92 Å². The minimum atomic E-state index is -0.437. The lowest BCUT2D eigenvalue weighted by molar-refractivity contribution is -0.136. The van der Waals surface area contributed by atoms with Crippen LogP contribution in [0.15, 0.2) is 36.7 Å². The average molecular weight is 400 g/mol. The van der Waals surface area contributed by atoms with Crippen LogP contribution in [-0.2, 0) is 4.79 Å². The first kappa shape index (κ1) is 21.0. The topological polar surface area (TPSA) is 58.6 Å². The van der Waals surface area contributed by atoms with Crippen LogP contribution in [0.5, 0.6) is 11.6 Å². The first-order chi connectivity index (χ1) is 14.1. The Kier molecular flexibility index (Phi) is 7.38. The van der Waals surface area contributed by atoms with E-state index in [2.05, 4.69) is 28.7 Å². The minimum absolute atomic E-state index is 0.126. The number of halogens is 1. The number of para-hydroxylation sites is 1. The van der Waals surface area contributed by atoms with Crippen molar-refractivity contribution in [3.63, 3.8) is 0 Å². The summed E-state index contributed by atoms with van der Waals surface area (Å²) < 4.78 is 19.4. The van der Waals surface area contributed by atoms with Gasteiger partial charge in [-0.1, -0.05) is 38.8 Å². The Balaban J connectivity index is 1.59. The Hall–Kier alpha value is -2.70. The van der Waals surface area contributed by atoms with Gasteiger partial charge in [-0.3, -0.25) is 4.79 Å². The summed E-state index contributed by atoms with van der Waals surface area (Å²) in [6, 6.07) is 7.93. The third-order valence-corrected chi connectivity index (χ3v) is 5.34. The standard InChI is InChI=1S/C22H29FN4O2/c1-3-5-8-17(4-2)22(28)27-13-11-26(12-14-27)20-15-21(25-16-24-20)29-19-10-7-6-9-18(19)23/h6-7,9-10,15-17H,3-5,8,11-14H2,1-2H3/t17-/m1/s1. The summed E-state index contributed by atoms with van der Waals surface area (Å²) >= 11 is 0. The lowest BCUT2D eigenvalue weighted by atomic mass is 9.97. The summed E-state index contributed by atoms with van der Waals surface area (Å²) in [5.74, 6) is 1.10. The lowest BCUT2D eigenvalue weighted by Crippen LogP contribution is -2.50. The van der Waals surface area contributed by atoms with E-state index in [0.29, 0.717) is 32.1 Å². The van der Waals surface area contributed by atoms with Crippen LogP contribution in [0.3, 0.4) is 0 Å². The van der Waals surface area contributed by atoms with Crippen molar-refractivity contribution < 1.29 is 13.9 Å². The number of hydrogen-bond donors (Lipinski definition) is 0. The number of rotatable bonds is 8. The SMILES string of the molecule is CCCC[C@@H](CC)C(=O)N1CCN(c2cc(Oc3ccccc3F)ncn2)CC1. The largest absolute Gasteiger partial charge is 0.436 e. The van der Waals surface area contributed by atoms with Crippen molar-refractivity contribution >= 4 is 11.7 Å². The Morgan fingerprint density at radius 2 is 1.93 bits per heavy atom. The van der Waals surface area contributed by atoms with E-state index < -0.39 is 5.82 Å². The van der Waals surface area contributed by atoms with Gasteiger partial charge in [-0.2, -0.15) is 0 Å². The van der Waals surface area contributed by atoms with Gasteiger partial charge in [0.1, 0.15) is 12.1 Å². The smallest absolute Gasteiger partial charge is 0.225 e. The molecule has 6 nitrogen and oxygen atoms in total. The first-order valence-corrected chi connectivity index (χ1v) is 10.4. The Morgan fingerprint density at radius 3 is 2.62 bits per heavy atom. The van der Waals surface area contributed by atoms with Crippen molar-refractivity contribution in [2.45, 2.75) is 39.5 Å². The minimum Gasteiger partial charge on any atom is -0.436 e. The molecule has 1 aromatic heterocycles. The molecule has 0 N–H and O–H groups in total. The maximum Gasteiger partial charge on any atom is 0.225 e. The molecular formula is C22H29FN4O2. The van der Waals surface area contributed by atoms with Crippen LogP contribution < -0.4 is 9.64 Å². The number of aromatic nitrogens is 2. The number of carbonyl (C=O) groups excluding carboxylic acids is 1. The predicted molar refractivity (Wildman–Crippen MR) is 111 cm³/mol. The van der Waals surface area contributed by atoms with Gasteiger partial charge in [0.05, 0.1) is 0 Å². The summed E-state index contributed by atoms with van der Waals surface area (Å²) in [5, 5.41) is 0. The van der Waals surface area contributed by atoms with E-state index in [-0.39, 0.29) is 17.6 Å². The van der Waals surface area contributed by atoms with Gasteiger partial charge in [-0.15, -0.1) is 0 Å². The van der Waals surface area contributed by atoms with Crippen LogP contribution in [0.2, 0.25) is 0 Å². The second-order valence-electron chi connectivity index (χ2n) is 7.31. The molecule has 7 heteroatoms. The molecule has 156 valence electrons. The van der Waals surface area contributed by atoms with Crippen molar-refractivity contribution in [3.05, 3.63) is 42.5 Å². The van der Waals surface area contributed by atoms with Crippen molar-refractivity contribution in [1.29, 1.82) is 0 Å². The molecule has 1 fully saturated rings. The van der Waals surface area contributed by atoms with Crippen molar-refractivity contribution in [2.75, 3.05) is 31.1 Å². The molecule has 0 saturated carbocycles. The van der Waals surface area contributed by atoms with Gasteiger partial charge in [0.25, 0.3) is 0 Å². The highest BCUT2D eigenvalue weighted by Crippen LogP contribution is 2.25. The fourth-order valence-corrected chi connectivity index (χ4v) is 3.57. The van der Waals surface area contributed by atoms with Crippen LogP contribution in [0.4, 0.5) is 10.2 Å². The summed E-state index contributed by atoms with van der Waals surface area (Å²) in [4.78, 5) is 25.3. The zero-order valence-electron chi connectivity index (χ0n) is 17.2. The Labute approximate surface area is 171 Å². The van der Waals surface area contributed by atoms with Crippen LogP contribution in [-0.4, -0.2) is 47.0 Å². The molecule has 1 saturated heterocycles. The normalized spacial score (nSPS) is 15.3. The highest BCUT2D eigenvalue weighted by molar-refractivity contribution is 5.79. The molecule has 2 aromatic rings. The van der Waals surface area contributed by atoms with E-state index in [0.717, 1.165) is 31.5 Å². The Morgan fingerprint density at radius 1 is 1.17 bits per heavy atom. The number of carbonyl (C=O) groups is 1. The van der Waals surface area contributed by atoms with Gasteiger partial charge in [0, 0.05) is 38.2 Å². The van der Waals surface area contributed by atoms with Crippen LogP contribution in [0.1, 0.15) is 39.5 Å². The molecule has 1 aliphatic rings. The number of unbranched alkanes of at least 4 members (excludes halogenated alkanes) is 1. The van der Waals surface area contributed by atoms with Crippen LogP contribution >= 0.6 is 0 Å². The van der Waals surface area contributed by atoms with Gasteiger partial charge in [-0.25, -0.2) is 14.4 Å². The zero-order chi connectivity index (χ0) is 20.6. The highest BCUT2D eigenvalue weighted by Gasteiger charge is 2.26. The molecule has 1 atom stereocenters. The summed E-state index contributed by atoms with van der Waals surface area (Å²) in [6.07, 6.45) is 5.48. The number of ether oxygens (including phenoxy) is 1. The number of benzene rings is 1. The molecule has 1 amide bonds. The van der Waals surface area contributed by atoms with E-state index >= 15 is 0 Å². The summed E-state index contributed by atoms with van der Waals surface area (Å²) in [7, 11) is 0. The third-order valence-electron chi connectivity index (χ3n) is 5.34. The van der Waals surface area contributed by atoms with E-state index in [1.165, 1.54) is 12.4 Å². The van der Waals surface area contributed by atoms with Crippen LogP contribution in [0, 0.1) is 11.7 Å². The zero-order valence-corrected chi connectivity index (χ0v) is 17.2. The number of amides is 1. The molecule has 0 spiro atoms. The quantitative estimate of drug-likeness (QED) is 0.662. The molecule has 1 aromatic carbocycles. The van der Waals surface area contributed by atoms with E-state index in [1.54, 1.807) is 24.3 Å². The van der Waals surface area contributed by atoms with Gasteiger partial charge >= 0.3 is 0 Å². The van der Waals surface area contributed by atoms with Crippen molar-refractivity contribution in [3.8, 4) is 11.6 Å². The Bertz CT molecular complexity index is 809. The summed E-state index contributed by atoms with van der Waals surface area (Å²) in [5.41, 5.74) is 0. The molecule has 29 heavy (non-hydrogen) atoms. The monoisotopic (exact) mass is 400 g/mol. The second kappa shape index (κ2) is 10.2. The van der Waals surface area contributed by atoms with Gasteiger partial charge in [0.15, 0.2) is 11.6 Å². The first-order valence-electron chi connectivity index (χ1n) is 10.4. The molecule has 0 unspecified atom stereocenters. The predicted octanol–water partition coefficient (Wildman–Crippen LogP) is 4.27. The highest BCUT2D eigenvalue weighted by atomic mass is 19.1. The second-order valence-corrected chi connectivity index (χ2v) is 7.31. The van der Waals surface area contributed by atoms with E-state index in [4.69, 9.17) is 4.74 Å². The van der Waals surface area contributed by atoms with Gasteiger partial charge in [0.2, 0.25) is 11.8 Å².